The molecule has 26 heavy (non-hydrogen) atoms. The van der Waals surface area contributed by atoms with Gasteiger partial charge in [-0.15, -0.1) is 0 Å². The van der Waals surface area contributed by atoms with Crippen molar-refractivity contribution in [3.8, 4) is 5.75 Å². The van der Waals surface area contributed by atoms with Gasteiger partial charge in [0, 0.05) is 5.56 Å². The van der Waals surface area contributed by atoms with Gasteiger partial charge in [-0.3, -0.25) is 0 Å². The molecule has 0 fully saturated rings. The Labute approximate surface area is 157 Å². The van der Waals surface area contributed by atoms with E-state index in [4.69, 9.17) is 4.74 Å². The molecule has 0 atom stereocenters. The highest BCUT2D eigenvalue weighted by Gasteiger charge is 2.34. The first-order valence-electron chi connectivity index (χ1n) is 9.57. The van der Waals surface area contributed by atoms with Crippen LogP contribution in [0.25, 0.3) is 11.1 Å². The third-order valence-corrected chi connectivity index (χ3v) is 5.21. The van der Waals surface area contributed by atoms with Gasteiger partial charge in [0.15, 0.2) is 0 Å². The molecule has 0 aromatic heterocycles. The molecular formula is C23H33FO2. The number of ether oxygens (including phenoxy) is 1. The summed E-state index contributed by atoms with van der Waals surface area (Å²) in [4.78, 5) is 0. The van der Waals surface area contributed by atoms with Crippen LogP contribution in [-0.4, -0.2) is 18.3 Å². The van der Waals surface area contributed by atoms with Gasteiger partial charge in [-0.2, -0.15) is 0 Å². The molecule has 2 nitrogen and oxygen atoms in total. The second-order valence-corrected chi connectivity index (χ2v) is 8.68. The van der Waals surface area contributed by atoms with Crippen molar-refractivity contribution in [2.75, 3.05) is 13.2 Å². The van der Waals surface area contributed by atoms with Gasteiger partial charge in [0.25, 0.3) is 0 Å². The lowest BCUT2D eigenvalue weighted by molar-refractivity contribution is 0.298. The van der Waals surface area contributed by atoms with E-state index in [0.29, 0.717) is 24.4 Å². The predicted octanol–water partition coefficient (Wildman–Crippen LogP) is 6.28. The third-order valence-electron chi connectivity index (χ3n) is 5.21. The van der Waals surface area contributed by atoms with Crippen molar-refractivity contribution in [2.45, 2.75) is 66.7 Å². The topological polar surface area (TPSA) is 29.5 Å². The van der Waals surface area contributed by atoms with E-state index in [-0.39, 0.29) is 10.8 Å². The van der Waals surface area contributed by atoms with Crippen LogP contribution in [0.5, 0.6) is 5.75 Å². The molecule has 0 unspecified atom stereocenters. The lowest BCUT2D eigenvalue weighted by Crippen LogP contribution is -2.25. The molecule has 1 aromatic carbocycles. The highest BCUT2D eigenvalue weighted by molar-refractivity contribution is 5.81. The van der Waals surface area contributed by atoms with Gasteiger partial charge in [0.05, 0.1) is 13.2 Å². The molecule has 0 spiro atoms. The molecule has 0 bridgehead atoms. The minimum atomic E-state index is -0.584. The molecular weight excluding hydrogens is 327 g/mol. The van der Waals surface area contributed by atoms with Crippen LogP contribution >= 0.6 is 0 Å². The highest BCUT2D eigenvalue weighted by Crippen LogP contribution is 2.48. The van der Waals surface area contributed by atoms with Gasteiger partial charge in [-0.25, -0.2) is 4.39 Å². The lowest BCUT2D eigenvalue weighted by Gasteiger charge is -2.37. The van der Waals surface area contributed by atoms with Gasteiger partial charge >= 0.3 is 0 Å². The average molecular weight is 361 g/mol. The molecule has 1 aliphatic carbocycles. The van der Waals surface area contributed by atoms with Crippen molar-refractivity contribution in [1.82, 2.24) is 0 Å². The number of aliphatic hydroxyl groups is 1. The Balaban J connectivity index is 2.83. The Bertz CT molecular complexity index is 733. The first-order chi connectivity index (χ1) is 12.1. The quantitative estimate of drug-likeness (QED) is 0.669. The molecule has 0 heterocycles. The Hall–Kier alpha value is -1.61. The molecule has 1 aliphatic rings. The van der Waals surface area contributed by atoms with Crippen LogP contribution in [0.4, 0.5) is 4.39 Å². The van der Waals surface area contributed by atoms with Crippen molar-refractivity contribution >= 4 is 11.1 Å². The van der Waals surface area contributed by atoms with Gasteiger partial charge < -0.3 is 9.84 Å². The van der Waals surface area contributed by atoms with Gasteiger partial charge in [-0.1, -0.05) is 47.6 Å². The van der Waals surface area contributed by atoms with Crippen LogP contribution in [0.1, 0.15) is 78.0 Å². The van der Waals surface area contributed by atoms with Crippen LogP contribution in [0.15, 0.2) is 24.0 Å². The van der Waals surface area contributed by atoms with E-state index >= 15 is 0 Å². The molecule has 0 amide bonds. The van der Waals surface area contributed by atoms with Crippen LogP contribution in [0.3, 0.4) is 0 Å². The van der Waals surface area contributed by atoms with Gasteiger partial charge in [0.2, 0.25) is 0 Å². The fraction of sp³-hybridized carbons (Fsp3) is 0.565. The molecule has 0 radical (unpaired) electrons. The maximum absolute atomic E-state index is 14.4. The molecule has 0 saturated heterocycles. The summed E-state index contributed by atoms with van der Waals surface area (Å²) in [7, 11) is 0. The predicted molar refractivity (Wildman–Crippen MR) is 108 cm³/mol. The first-order valence-corrected chi connectivity index (χ1v) is 9.57. The summed E-state index contributed by atoms with van der Waals surface area (Å²) in [5.74, 6) is 0.222. The Morgan fingerprint density at radius 2 is 1.88 bits per heavy atom. The second-order valence-electron chi connectivity index (χ2n) is 8.68. The van der Waals surface area contributed by atoms with E-state index in [1.165, 1.54) is 16.7 Å². The van der Waals surface area contributed by atoms with E-state index in [1.54, 1.807) is 0 Å². The largest absolute Gasteiger partial charge is 0.493 e. The standard InChI is InChI=1S/C23H33FO2/c1-8-15(20(24)14-25)16-12-17-18(22(3,4)5)10-11-23(6,7)19(17)13-21(16)26-9-2/h10,12-13,25H,8-9,11,14H2,1-7H3/b20-15+. The van der Waals surface area contributed by atoms with E-state index in [9.17, 15) is 9.50 Å². The van der Waals surface area contributed by atoms with Crippen LogP contribution in [0.2, 0.25) is 0 Å². The van der Waals surface area contributed by atoms with Crippen molar-refractivity contribution < 1.29 is 14.2 Å². The summed E-state index contributed by atoms with van der Waals surface area (Å²) >= 11 is 0. The molecule has 2 rings (SSSR count). The fourth-order valence-corrected chi connectivity index (χ4v) is 3.78. The smallest absolute Gasteiger partial charge is 0.129 e. The molecule has 3 heteroatoms. The number of benzene rings is 1. The fourth-order valence-electron chi connectivity index (χ4n) is 3.78. The van der Waals surface area contributed by atoms with Gasteiger partial charge in [0.1, 0.15) is 11.6 Å². The summed E-state index contributed by atoms with van der Waals surface area (Å²) in [6.07, 6.45) is 3.80. The minimum Gasteiger partial charge on any atom is -0.493 e. The van der Waals surface area contributed by atoms with Crippen molar-refractivity contribution in [3.63, 3.8) is 0 Å². The van der Waals surface area contributed by atoms with Crippen LogP contribution < -0.4 is 4.74 Å². The van der Waals surface area contributed by atoms with Gasteiger partial charge in [-0.05, 0) is 65.0 Å². The number of hydrogen-bond acceptors (Lipinski definition) is 2. The number of fused-ring (bicyclic) bond motifs is 1. The first kappa shape index (κ1) is 20.7. The molecule has 1 N–H and O–H groups in total. The maximum atomic E-state index is 14.4. The summed E-state index contributed by atoms with van der Waals surface area (Å²) in [5.41, 5.74) is 4.99. The summed E-state index contributed by atoms with van der Waals surface area (Å²) in [6.45, 7) is 14.9. The zero-order chi connectivity index (χ0) is 19.7. The van der Waals surface area contributed by atoms with E-state index in [1.807, 2.05) is 13.8 Å². The summed E-state index contributed by atoms with van der Waals surface area (Å²) < 4.78 is 20.3. The lowest BCUT2D eigenvalue weighted by atomic mass is 9.67. The van der Waals surface area contributed by atoms with E-state index in [2.05, 4.69) is 52.8 Å². The Morgan fingerprint density at radius 1 is 1.23 bits per heavy atom. The van der Waals surface area contributed by atoms with Crippen LogP contribution in [-0.2, 0) is 5.41 Å². The molecule has 0 aliphatic heterocycles. The van der Waals surface area contributed by atoms with Crippen LogP contribution in [0, 0.1) is 5.41 Å². The number of allylic oxidation sites excluding steroid dienone is 3. The number of aliphatic hydroxyl groups excluding tert-OH is 1. The maximum Gasteiger partial charge on any atom is 0.129 e. The van der Waals surface area contributed by atoms with E-state index < -0.39 is 12.4 Å². The number of hydrogen-bond donors (Lipinski definition) is 1. The van der Waals surface area contributed by atoms with Crippen molar-refractivity contribution in [1.29, 1.82) is 0 Å². The van der Waals surface area contributed by atoms with Crippen molar-refractivity contribution in [3.05, 3.63) is 40.7 Å². The molecule has 144 valence electrons. The highest BCUT2D eigenvalue weighted by atomic mass is 19.1. The Kier molecular flexibility index (Phi) is 6.02. The third kappa shape index (κ3) is 3.88. The SMILES string of the molecule is CCOc1cc2c(cc1/C(CC)=C(/F)CO)C(C(C)(C)C)=CCC2(C)C. The summed E-state index contributed by atoms with van der Waals surface area (Å²) in [5, 5.41) is 9.34. The minimum absolute atomic E-state index is 0.0000796. The molecule has 1 aromatic rings. The van der Waals surface area contributed by atoms with E-state index in [0.717, 1.165) is 12.0 Å². The average Bonchev–Trinajstić information content (AvgIpc) is 2.55. The van der Waals surface area contributed by atoms with Crippen molar-refractivity contribution in [2.24, 2.45) is 5.41 Å². The molecule has 0 saturated carbocycles. The monoisotopic (exact) mass is 360 g/mol. The second kappa shape index (κ2) is 7.56. The zero-order valence-electron chi connectivity index (χ0n) is 17.3. The number of rotatable bonds is 5. The Morgan fingerprint density at radius 3 is 2.38 bits per heavy atom. The number of halogens is 1. The zero-order valence-corrected chi connectivity index (χ0v) is 17.3. The normalized spacial score (nSPS) is 17.3. The summed E-state index contributed by atoms with van der Waals surface area (Å²) in [6, 6.07) is 4.17.